The van der Waals surface area contributed by atoms with Crippen molar-refractivity contribution in [3.63, 3.8) is 0 Å². The third kappa shape index (κ3) is 6.39. The Morgan fingerprint density at radius 1 is 0.893 bits per heavy atom. The van der Waals surface area contributed by atoms with Gasteiger partial charge in [0, 0.05) is 20.4 Å². The SMILES string of the molecule is CC(=O)Nc1c(I)c(NC(C)=O)c(I)c(C(=O)OCCN2CCCCC2)c1I. The summed E-state index contributed by atoms with van der Waals surface area (Å²) in [5, 5.41) is 5.52. The number of ether oxygens (including phenoxy) is 1. The summed E-state index contributed by atoms with van der Waals surface area (Å²) in [6, 6.07) is 0. The zero-order valence-electron chi connectivity index (χ0n) is 15.7. The maximum absolute atomic E-state index is 12.8. The van der Waals surface area contributed by atoms with Gasteiger partial charge in [-0.25, -0.2) is 4.79 Å². The van der Waals surface area contributed by atoms with E-state index in [1.165, 1.54) is 33.1 Å². The highest BCUT2D eigenvalue weighted by atomic mass is 127. The second kappa shape index (κ2) is 11.2. The molecule has 1 aliphatic heterocycles. The van der Waals surface area contributed by atoms with E-state index in [0.717, 1.165) is 13.1 Å². The molecule has 1 saturated heterocycles. The summed E-state index contributed by atoms with van der Waals surface area (Å²) in [6.45, 7) is 5.89. The highest BCUT2D eigenvalue weighted by molar-refractivity contribution is 14.1. The van der Waals surface area contributed by atoms with E-state index in [4.69, 9.17) is 4.74 Å². The fraction of sp³-hybridized carbons (Fsp3) is 0.500. The lowest BCUT2D eigenvalue weighted by atomic mass is 10.1. The summed E-state index contributed by atoms with van der Waals surface area (Å²) in [5.41, 5.74) is 1.36. The van der Waals surface area contributed by atoms with E-state index < -0.39 is 5.97 Å². The van der Waals surface area contributed by atoms with E-state index in [1.54, 1.807) is 0 Å². The van der Waals surface area contributed by atoms with Crippen molar-refractivity contribution in [1.82, 2.24) is 4.90 Å². The molecule has 0 bridgehead atoms. The van der Waals surface area contributed by atoms with Crippen molar-refractivity contribution in [1.29, 1.82) is 0 Å². The van der Waals surface area contributed by atoms with Gasteiger partial charge in [-0.3, -0.25) is 14.5 Å². The summed E-state index contributed by atoms with van der Waals surface area (Å²) < 4.78 is 7.39. The number of halogens is 3. The highest BCUT2D eigenvalue weighted by Crippen LogP contribution is 2.39. The number of carbonyl (C=O) groups is 3. The van der Waals surface area contributed by atoms with Crippen molar-refractivity contribution in [2.45, 2.75) is 33.1 Å². The molecule has 2 amide bonds. The third-order valence-corrected chi connectivity index (χ3v) is 7.45. The van der Waals surface area contributed by atoms with Crippen LogP contribution in [0.4, 0.5) is 11.4 Å². The molecule has 1 aromatic rings. The van der Waals surface area contributed by atoms with Gasteiger partial charge in [0.1, 0.15) is 6.61 Å². The number of rotatable bonds is 6. The molecule has 1 heterocycles. The van der Waals surface area contributed by atoms with Crippen LogP contribution in [0.3, 0.4) is 0 Å². The van der Waals surface area contributed by atoms with E-state index in [0.29, 0.717) is 40.8 Å². The smallest absolute Gasteiger partial charge is 0.340 e. The molecular formula is C18H22I3N3O4. The fourth-order valence-electron chi connectivity index (χ4n) is 2.94. The number of amides is 2. The summed E-state index contributed by atoms with van der Waals surface area (Å²) in [4.78, 5) is 38.4. The van der Waals surface area contributed by atoms with Gasteiger partial charge in [-0.15, -0.1) is 0 Å². The van der Waals surface area contributed by atoms with Crippen LogP contribution in [-0.2, 0) is 14.3 Å². The van der Waals surface area contributed by atoms with E-state index in [2.05, 4.69) is 38.1 Å². The minimum atomic E-state index is -0.458. The molecule has 0 unspecified atom stereocenters. The molecule has 154 valence electrons. The second-order valence-corrected chi connectivity index (χ2v) is 9.70. The number of piperidine rings is 1. The number of carbonyl (C=O) groups excluding carboxylic acids is 3. The topological polar surface area (TPSA) is 87.7 Å². The first-order chi connectivity index (χ1) is 13.2. The van der Waals surface area contributed by atoms with Crippen molar-refractivity contribution in [3.8, 4) is 0 Å². The Morgan fingerprint density at radius 3 is 1.86 bits per heavy atom. The zero-order valence-corrected chi connectivity index (χ0v) is 22.1. The van der Waals surface area contributed by atoms with E-state index in [-0.39, 0.29) is 11.8 Å². The zero-order chi connectivity index (χ0) is 20.8. The van der Waals surface area contributed by atoms with Crippen LogP contribution >= 0.6 is 67.8 Å². The molecule has 1 aliphatic rings. The average molecular weight is 725 g/mol. The van der Waals surface area contributed by atoms with Gasteiger partial charge in [0.2, 0.25) is 11.8 Å². The van der Waals surface area contributed by atoms with Crippen molar-refractivity contribution >= 4 is 96.9 Å². The van der Waals surface area contributed by atoms with Crippen LogP contribution in [0.1, 0.15) is 43.5 Å². The van der Waals surface area contributed by atoms with Gasteiger partial charge in [0.05, 0.1) is 27.6 Å². The molecule has 0 aromatic heterocycles. The van der Waals surface area contributed by atoms with Crippen LogP contribution in [-0.4, -0.2) is 48.9 Å². The first-order valence-electron chi connectivity index (χ1n) is 8.87. The van der Waals surface area contributed by atoms with Crippen LogP contribution in [0, 0.1) is 10.7 Å². The van der Waals surface area contributed by atoms with E-state index in [9.17, 15) is 14.4 Å². The maximum atomic E-state index is 12.8. The van der Waals surface area contributed by atoms with Crippen LogP contribution in [0.2, 0.25) is 0 Å². The Kier molecular flexibility index (Phi) is 9.66. The van der Waals surface area contributed by atoms with Crippen molar-refractivity contribution < 1.29 is 19.1 Å². The van der Waals surface area contributed by atoms with E-state index >= 15 is 0 Å². The fourth-order valence-corrected chi connectivity index (χ4v) is 7.08. The summed E-state index contributed by atoms with van der Waals surface area (Å²) in [5.74, 6) is -0.967. The lowest BCUT2D eigenvalue weighted by Crippen LogP contribution is -2.33. The molecule has 28 heavy (non-hydrogen) atoms. The predicted molar refractivity (Wildman–Crippen MR) is 134 cm³/mol. The molecule has 2 rings (SSSR count). The van der Waals surface area contributed by atoms with Crippen LogP contribution in [0.25, 0.3) is 0 Å². The lowest BCUT2D eigenvalue weighted by molar-refractivity contribution is -0.115. The highest BCUT2D eigenvalue weighted by Gasteiger charge is 2.26. The van der Waals surface area contributed by atoms with Gasteiger partial charge in [-0.1, -0.05) is 6.42 Å². The first-order valence-corrected chi connectivity index (χ1v) is 12.1. The number of benzene rings is 1. The Morgan fingerprint density at radius 2 is 1.39 bits per heavy atom. The maximum Gasteiger partial charge on any atom is 0.340 e. The molecule has 0 saturated carbocycles. The molecule has 0 radical (unpaired) electrons. The number of likely N-dealkylation sites (tertiary alicyclic amines) is 1. The Bertz CT molecular complexity index is 737. The van der Waals surface area contributed by atoms with Crippen LogP contribution < -0.4 is 10.6 Å². The monoisotopic (exact) mass is 725 g/mol. The molecule has 1 aromatic carbocycles. The lowest BCUT2D eigenvalue weighted by Gasteiger charge is -2.26. The first kappa shape index (κ1) is 24.1. The normalized spacial score (nSPS) is 14.5. The summed E-state index contributed by atoms with van der Waals surface area (Å²) in [6.07, 6.45) is 3.62. The largest absolute Gasteiger partial charge is 0.461 e. The van der Waals surface area contributed by atoms with Gasteiger partial charge < -0.3 is 15.4 Å². The quantitative estimate of drug-likeness (QED) is 0.342. The van der Waals surface area contributed by atoms with E-state index in [1.807, 2.05) is 45.2 Å². The van der Waals surface area contributed by atoms with Crippen molar-refractivity contribution in [3.05, 3.63) is 16.3 Å². The number of esters is 1. The van der Waals surface area contributed by atoms with Gasteiger partial charge in [0.25, 0.3) is 0 Å². The Labute approximate surface area is 205 Å². The molecule has 2 N–H and O–H groups in total. The van der Waals surface area contributed by atoms with Crippen molar-refractivity contribution in [2.75, 3.05) is 36.9 Å². The minimum Gasteiger partial charge on any atom is -0.461 e. The van der Waals surface area contributed by atoms with Gasteiger partial charge >= 0.3 is 5.97 Å². The summed E-state index contributed by atoms with van der Waals surface area (Å²) >= 11 is 6.13. The third-order valence-electron chi connectivity index (χ3n) is 4.21. The van der Waals surface area contributed by atoms with Crippen molar-refractivity contribution in [2.24, 2.45) is 0 Å². The number of nitrogens with zero attached hydrogens (tertiary/aromatic N) is 1. The van der Waals surface area contributed by atoms with Gasteiger partial charge in [-0.2, -0.15) is 0 Å². The Hall–Kier alpha value is -0.220. The molecule has 0 aliphatic carbocycles. The predicted octanol–water partition coefficient (Wildman–Crippen LogP) is 4.06. The molecule has 0 spiro atoms. The molecule has 0 atom stereocenters. The van der Waals surface area contributed by atoms with Gasteiger partial charge in [0.15, 0.2) is 0 Å². The molecular weight excluding hydrogens is 703 g/mol. The van der Waals surface area contributed by atoms with Crippen LogP contribution in [0.5, 0.6) is 0 Å². The van der Waals surface area contributed by atoms with Crippen LogP contribution in [0.15, 0.2) is 0 Å². The number of hydrogen-bond donors (Lipinski definition) is 2. The number of anilines is 2. The standard InChI is InChI=1S/C18H22I3N3O4/c1-10(25)22-16-13(19)12(14(20)17(15(16)21)23-11(2)26)18(27)28-9-8-24-6-4-3-5-7-24/h3-9H2,1-2H3,(H,22,25)(H,23,26). The molecule has 1 fully saturated rings. The Balaban J connectivity index is 2.28. The average Bonchev–Trinajstić information content (AvgIpc) is 2.63. The molecule has 7 nitrogen and oxygen atoms in total. The number of hydrogen-bond acceptors (Lipinski definition) is 5. The number of nitrogens with one attached hydrogen (secondary N) is 2. The summed E-state index contributed by atoms with van der Waals surface area (Å²) in [7, 11) is 0. The molecule has 10 heteroatoms. The minimum absolute atomic E-state index is 0.254. The van der Waals surface area contributed by atoms with Gasteiger partial charge in [-0.05, 0) is 93.7 Å². The second-order valence-electron chi connectivity index (χ2n) is 6.47.